The first-order chi connectivity index (χ1) is 13.2. The largest absolute Gasteiger partial charge is 1.00 e. The monoisotopic (exact) mass is 415 g/mol. The number of nitrogens with zero attached hydrogens (tertiary/aromatic N) is 3. The molecule has 2 saturated heterocycles. The zero-order valence-corrected chi connectivity index (χ0v) is 17.2. The van der Waals surface area contributed by atoms with Crippen molar-refractivity contribution >= 4 is 23.9 Å². The summed E-state index contributed by atoms with van der Waals surface area (Å²) >= 11 is 0. The molecule has 7 nitrogen and oxygen atoms in total. The quantitative estimate of drug-likeness (QED) is 0.390. The number of carbonyl (C=O) groups is 3. The van der Waals surface area contributed by atoms with Gasteiger partial charge in [0.15, 0.2) is 0 Å². The molecule has 0 saturated carbocycles. The molecule has 1 aromatic heterocycles. The van der Waals surface area contributed by atoms with Crippen molar-refractivity contribution in [2.24, 2.45) is 5.92 Å². The van der Waals surface area contributed by atoms with Gasteiger partial charge in [-0.05, 0) is 30.2 Å². The van der Waals surface area contributed by atoms with Crippen LogP contribution in [0.2, 0.25) is 0 Å². The number of likely N-dealkylation sites (tertiary alicyclic amines) is 1. The first-order valence-corrected chi connectivity index (χ1v) is 8.47. The first kappa shape index (κ1) is 21.5. The maximum atomic E-state index is 12.8. The Morgan fingerprint density at radius 1 is 1.24 bits per heavy atom. The van der Waals surface area contributed by atoms with Gasteiger partial charge in [-0.25, -0.2) is 0 Å². The number of carboxylic acid groups (broad SMARTS) is 1. The zero-order chi connectivity index (χ0) is 20.2. The van der Waals surface area contributed by atoms with Gasteiger partial charge in [0, 0.05) is 18.7 Å². The average Bonchev–Trinajstić information content (AvgIpc) is 2.97. The van der Waals surface area contributed by atoms with Gasteiger partial charge in [-0.15, -0.1) is 0 Å². The fourth-order valence-corrected chi connectivity index (χ4v) is 4.17. The van der Waals surface area contributed by atoms with Crippen molar-refractivity contribution in [3.63, 3.8) is 0 Å². The van der Waals surface area contributed by atoms with Crippen molar-refractivity contribution in [2.75, 3.05) is 6.54 Å². The number of carbonyl (C=O) groups excluding carboxylic acids is 3. The summed E-state index contributed by atoms with van der Waals surface area (Å²) in [4.78, 5) is 41.3. The Morgan fingerprint density at radius 3 is 2.55 bits per heavy atom. The molecule has 1 aromatic rings. The molecule has 0 radical (unpaired) electrons. The molecule has 3 aliphatic rings. The van der Waals surface area contributed by atoms with Crippen LogP contribution in [0.15, 0.2) is 41.7 Å². The van der Waals surface area contributed by atoms with Crippen LogP contribution in [0.5, 0.6) is 0 Å². The molecule has 0 spiro atoms. The van der Waals surface area contributed by atoms with Crippen molar-refractivity contribution in [1.29, 1.82) is 0 Å². The Kier molecular flexibility index (Phi) is 5.63. The maximum Gasteiger partial charge on any atom is 1.00 e. The van der Waals surface area contributed by atoms with Crippen LogP contribution in [0.25, 0.3) is 6.08 Å². The van der Waals surface area contributed by atoms with Crippen molar-refractivity contribution < 1.29 is 62.2 Å². The number of aliphatic carboxylic acids is 1. The molecule has 4 heterocycles. The number of rotatable bonds is 3. The molecule has 0 bridgehead atoms. The molecular weight excluding hydrogens is 402 g/mol. The van der Waals surface area contributed by atoms with Crippen LogP contribution in [0.1, 0.15) is 12.1 Å². The molecule has 11 heteroatoms. The van der Waals surface area contributed by atoms with E-state index in [0.29, 0.717) is 16.2 Å². The van der Waals surface area contributed by atoms with Crippen molar-refractivity contribution in [2.45, 2.75) is 24.7 Å². The van der Waals surface area contributed by atoms with Gasteiger partial charge in [-0.1, -0.05) is 12.1 Å². The molecule has 0 aromatic carbocycles. The number of alkyl halides is 3. The number of pyridine rings is 1. The predicted molar refractivity (Wildman–Crippen MR) is 85.6 cm³/mol. The Bertz CT molecular complexity index is 932. The number of aromatic nitrogens is 1. The molecule has 0 N–H and O–H groups in total. The summed E-state index contributed by atoms with van der Waals surface area (Å²) < 4.78 is 38.5. The van der Waals surface area contributed by atoms with E-state index in [1.807, 2.05) is 0 Å². The standard InChI is InChI=1S/C18H14F3N3O4.Na/c19-18(20,21)17(28)23-8-6-11-10(5-4-9-3-1-2-7-22-9)13(16(26)27)24-12(11)14(23)15(24)25;/h1-5,7,11-12,14H,6,8H2,(H,26,27);/q;+1/p-1/b5-4+;/t11?,12-,14+;/m1./s1. The van der Waals surface area contributed by atoms with Crippen LogP contribution in [0, 0.1) is 5.92 Å². The van der Waals surface area contributed by atoms with E-state index in [4.69, 9.17) is 0 Å². The van der Waals surface area contributed by atoms with Gasteiger partial charge in [-0.3, -0.25) is 14.6 Å². The second-order valence-electron chi connectivity index (χ2n) is 6.71. The van der Waals surface area contributed by atoms with E-state index in [9.17, 15) is 32.7 Å². The molecule has 2 fully saturated rings. The summed E-state index contributed by atoms with van der Waals surface area (Å²) in [6, 6.07) is 3.00. The smallest absolute Gasteiger partial charge is 0.543 e. The predicted octanol–water partition coefficient (Wildman–Crippen LogP) is -2.89. The maximum absolute atomic E-state index is 12.8. The first-order valence-electron chi connectivity index (χ1n) is 8.47. The number of hydrogen-bond donors (Lipinski definition) is 0. The summed E-state index contributed by atoms with van der Waals surface area (Å²) in [5, 5.41) is 11.6. The van der Waals surface area contributed by atoms with E-state index in [-0.39, 0.29) is 48.2 Å². The minimum Gasteiger partial charge on any atom is -0.543 e. The number of allylic oxidation sites excluding steroid dienone is 1. The van der Waals surface area contributed by atoms with Crippen molar-refractivity contribution in [3.05, 3.63) is 47.4 Å². The number of piperidine rings is 1. The Labute approximate surface area is 185 Å². The third kappa shape index (κ3) is 3.38. The molecule has 4 rings (SSSR count). The van der Waals surface area contributed by atoms with Crippen LogP contribution in [0.4, 0.5) is 13.2 Å². The molecule has 0 aliphatic carbocycles. The fourth-order valence-electron chi connectivity index (χ4n) is 4.17. The van der Waals surface area contributed by atoms with E-state index in [1.54, 1.807) is 30.5 Å². The Hall–Kier alpha value is -2.17. The SMILES string of the molecule is O=C([O-])C1=C(/C=C/c2ccccn2)C2CCN(C(=O)C(F)(F)F)[C@@H]3C(=O)N1[C@H]23.[Na+]. The van der Waals surface area contributed by atoms with Gasteiger partial charge in [0.2, 0.25) is 0 Å². The second kappa shape index (κ2) is 7.58. The summed E-state index contributed by atoms with van der Waals surface area (Å²) in [6.07, 6.45) is -0.376. The van der Waals surface area contributed by atoms with E-state index in [0.717, 1.165) is 4.90 Å². The van der Waals surface area contributed by atoms with Gasteiger partial charge in [0.1, 0.15) is 6.04 Å². The van der Waals surface area contributed by atoms with E-state index in [1.165, 1.54) is 6.08 Å². The summed E-state index contributed by atoms with van der Waals surface area (Å²) in [5.74, 6) is -5.01. The zero-order valence-electron chi connectivity index (χ0n) is 15.2. The van der Waals surface area contributed by atoms with E-state index < -0.39 is 42.0 Å². The third-order valence-electron chi connectivity index (χ3n) is 5.27. The molecule has 2 amide bonds. The van der Waals surface area contributed by atoms with Crippen LogP contribution in [0.3, 0.4) is 0 Å². The van der Waals surface area contributed by atoms with Gasteiger partial charge >= 0.3 is 41.6 Å². The number of hydrogen-bond acceptors (Lipinski definition) is 5. The average molecular weight is 415 g/mol. The summed E-state index contributed by atoms with van der Waals surface area (Å²) in [5.41, 5.74) is 0.491. The topological polar surface area (TPSA) is 93.6 Å². The molecule has 3 atom stereocenters. The van der Waals surface area contributed by atoms with Crippen LogP contribution in [-0.2, 0) is 14.4 Å². The number of β-lactam (4-membered cyclic amide) rings is 1. The van der Waals surface area contributed by atoms with Gasteiger partial charge in [0.25, 0.3) is 5.91 Å². The van der Waals surface area contributed by atoms with Crippen molar-refractivity contribution in [1.82, 2.24) is 14.8 Å². The van der Waals surface area contributed by atoms with E-state index in [2.05, 4.69) is 4.98 Å². The molecule has 146 valence electrons. The van der Waals surface area contributed by atoms with Crippen LogP contribution in [-0.4, -0.2) is 57.4 Å². The van der Waals surface area contributed by atoms with Gasteiger partial charge in [-0.2, -0.15) is 13.2 Å². The minimum atomic E-state index is -5.10. The number of carboxylic acids is 1. The molecule has 3 aliphatic heterocycles. The molecular formula is C18H13F3N3NaO4. The Morgan fingerprint density at radius 2 is 1.97 bits per heavy atom. The van der Waals surface area contributed by atoms with Gasteiger partial charge in [0.05, 0.1) is 23.4 Å². The normalized spacial score (nSPS) is 25.6. The van der Waals surface area contributed by atoms with Crippen molar-refractivity contribution in [3.8, 4) is 0 Å². The summed E-state index contributed by atoms with van der Waals surface area (Å²) in [7, 11) is 0. The summed E-state index contributed by atoms with van der Waals surface area (Å²) in [6.45, 7) is -0.287. The fraction of sp³-hybridized carbons (Fsp3) is 0.333. The number of amides is 2. The van der Waals surface area contributed by atoms with Crippen LogP contribution < -0.4 is 34.7 Å². The number of halogens is 3. The second-order valence-corrected chi connectivity index (χ2v) is 6.71. The van der Waals surface area contributed by atoms with E-state index >= 15 is 0 Å². The molecule has 29 heavy (non-hydrogen) atoms. The van der Waals surface area contributed by atoms with Gasteiger partial charge < -0.3 is 19.7 Å². The minimum absolute atomic E-state index is 0. The third-order valence-corrected chi connectivity index (χ3v) is 5.27. The molecule has 1 unspecified atom stereocenters. The van der Waals surface area contributed by atoms with Crippen LogP contribution >= 0.6 is 0 Å². The Balaban J connectivity index is 0.00000240.